The summed E-state index contributed by atoms with van der Waals surface area (Å²) in [6.45, 7) is -0.973. The van der Waals surface area contributed by atoms with Crippen LogP contribution in [-0.2, 0) is 4.79 Å². The van der Waals surface area contributed by atoms with Gasteiger partial charge in [-0.3, -0.25) is 33.8 Å². The molecule has 0 N–H and O–H groups in total. The molecule has 0 atom stereocenters. The van der Waals surface area contributed by atoms with Crippen LogP contribution in [0.1, 0.15) is 41.4 Å². The lowest BCUT2D eigenvalue weighted by molar-refractivity contribution is -0.119. The van der Waals surface area contributed by atoms with E-state index in [0.717, 1.165) is 9.80 Å². The fourth-order valence-electron chi connectivity index (χ4n) is 3.17. The van der Waals surface area contributed by atoms with Gasteiger partial charge in [-0.05, 0) is 24.3 Å². The number of rotatable bonds is 4. The Balaban J connectivity index is 1.50. The zero-order chi connectivity index (χ0) is 18.4. The molecule has 2 aliphatic heterocycles. The number of hydrogen-bond donors (Lipinski definition) is 0. The molecule has 0 aliphatic carbocycles. The Labute approximate surface area is 147 Å². The van der Waals surface area contributed by atoms with Gasteiger partial charge in [-0.15, -0.1) is 0 Å². The summed E-state index contributed by atoms with van der Waals surface area (Å²) >= 11 is 0. The van der Waals surface area contributed by atoms with Crippen molar-refractivity contribution in [1.29, 1.82) is 0 Å². The molecule has 0 saturated heterocycles. The number of benzene rings is 2. The van der Waals surface area contributed by atoms with Crippen molar-refractivity contribution in [2.45, 2.75) is 0 Å². The second-order valence-electron chi connectivity index (χ2n) is 6.02. The van der Waals surface area contributed by atoms with Crippen LogP contribution in [0.25, 0.3) is 0 Å². The first-order valence-electron chi connectivity index (χ1n) is 7.91. The SMILES string of the molecule is O=C(CN1C(=O)c2ccccc2C1=O)CN1C(=O)c2ccccc2C1=O. The number of carbonyl (C=O) groups excluding carboxylic acids is 5. The van der Waals surface area contributed by atoms with Crippen LogP contribution in [0, 0.1) is 0 Å². The number of ketones is 1. The maximum Gasteiger partial charge on any atom is 0.261 e. The van der Waals surface area contributed by atoms with Crippen molar-refractivity contribution in [3.05, 3.63) is 70.8 Å². The first-order valence-corrected chi connectivity index (χ1v) is 7.91. The fourth-order valence-corrected chi connectivity index (χ4v) is 3.17. The molecule has 0 fully saturated rings. The van der Waals surface area contributed by atoms with E-state index < -0.39 is 42.5 Å². The van der Waals surface area contributed by atoms with E-state index in [1.165, 1.54) is 24.3 Å². The molecule has 128 valence electrons. The summed E-state index contributed by atoms with van der Waals surface area (Å²) in [6, 6.07) is 12.6. The number of nitrogens with zero attached hydrogens (tertiary/aromatic N) is 2. The molecule has 0 saturated carbocycles. The number of imide groups is 2. The van der Waals surface area contributed by atoms with Gasteiger partial charge in [0.15, 0.2) is 5.78 Å². The Morgan fingerprint density at radius 1 is 0.577 bits per heavy atom. The second kappa shape index (κ2) is 5.73. The molecule has 0 bridgehead atoms. The monoisotopic (exact) mass is 348 g/mol. The second-order valence-corrected chi connectivity index (χ2v) is 6.02. The lowest BCUT2D eigenvalue weighted by atomic mass is 10.1. The van der Waals surface area contributed by atoms with Gasteiger partial charge in [0.2, 0.25) is 0 Å². The van der Waals surface area contributed by atoms with E-state index in [2.05, 4.69) is 0 Å². The van der Waals surface area contributed by atoms with Gasteiger partial charge in [0, 0.05) is 0 Å². The molecular formula is C19H12N2O5. The van der Waals surface area contributed by atoms with Gasteiger partial charge in [0.1, 0.15) is 0 Å². The smallest absolute Gasteiger partial charge is 0.261 e. The molecule has 7 heteroatoms. The van der Waals surface area contributed by atoms with Crippen LogP contribution in [0.15, 0.2) is 48.5 Å². The lowest BCUT2D eigenvalue weighted by Crippen LogP contribution is -2.41. The number of fused-ring (bicyclic) bond motifs is 2. The Morgan fingerprint density at radius 3 is 1.12 bits per heavy atom. The normalized spacial score (nSPS) is 15.5. The molecule has 2 aliphatic rings. The highest BCUT2D eigenvalue weighted by Crippen LogP contribution is 2.24. The Hall–Kier alpha value is -3.61. The molecule has 2 aromatic carbocycles. The van der Waals surface area contributed by atoms with Crippen LogP contribution < -0.4 is 0 Å². The van der Waals surface area contributed by atoms with Crippen LogP contribution >= 0.6 is 0 Å². The third kappa shape index (κ3) is 2.25. The first-order chi connectivity index (χ1) is 12.5. The van der Waals surface area contributed by atoms with Crippen molar-refractivity contribution < 1.29 is 24.0 Å². The van der Waals surface area contributed by atoms with Crippen molar-refractivity contribution >= 4 is 29.4 Å². The van der Waals surface area contributed by atoms with E-state index in [9.17, 15) is 24.0 Å². The van der Waals surface area contributed by atoms with Crippen LogP contribution in [0.3, 0.4) is 0 Å². The zero-order valence-electron chi connectivity index (χ0n) is 13.5. The Bertz CT molecular complexity index is 861. The largest absolute Gasteiger partial charge is 0.296 e. The molecule has 4 amide bonds. The summed E-state index contributed by atoms with van der Waals surface area (Å²) in [5.41, 5.74) is 0.967. The van der Waals surface area contributed by atoms with Gasteiger partial charge in [-0.2, -0.15) is 0 Å². The van der Waals surface area contributed by atoms with E-state index in [4.69, 9.17) is 0 Å². The highest BCUT2D eigenvalue weighted by atomic mass is 16.2. The van der Waals surface area contributed by atoms with Crippen molar-refractivity contribution in [2.75, 3.05) is 13.1 Å². The maximum absolute atomic E-state index is 12.3. The third-order valence-corrected chi connectivity index (χ3v) is 4.43. The van der Waals surface area contributed by atoms with E-state index in [0.29, 0.717) is 0 Å². The van der Waals surface area contributed by atoms with E-state index >= 15 is 0 Å². The molecule has 0 aromatic heterocycles. The molecule has 2 heterocycles. The molecular weight excluding hydrogens is 336 g/mol. The molecule has 7 nitrogen and oxygen atoms in total. The highest BCUT2D eigenvalue weighted by Gasteiger charge is 2.39. The van der Waals surface area contributed by atoms with Crippen LogP contribution in [0.5, 0.6) is 0 Å². The summed E-state index contributed by atoms with van der Waals surface area (Å²) in [7, 11) is 0. The summed E-state index contributed by atoms with van der Waals surface area (Å²) in [5.74, 6) is -2.79. The van der Waals surface area contributed by atoms with Crippen molar-refractivity contribution in [2.24, 2.45) is 0 Å². The quantitative estimate of drug-likeness (QED) is 0.773. The van der Waals surface area contributed by atoms with E-state index in [1.54, 1.807) is 24.3 Å². The van der Waals surface area contributed by atoms with Crippen LogP contribution in [-0.4, -0.2) is 52.3 Å². The minimum absolute atomic E-state index is 0.242. The van der Waals surface area contributed by atoms with Crippen molar-refractivity contribution in [3.63, 3.8) is 0 Å². The summed E-state index contributed by atoms with van der Waals surface area (Å²) in [6.07, 6.45) is 0. The minimum Gasteiger partial charge on any atom is -0.296 e. The average Bonchev–Trinajstić information content (AvgIpc) is 3.03. The topological polar surface area (TPSA) is 91.8 Å². The molecule has 26 heavy (non-hydrogen) atoms. The minimum atomic E-state index is -0.575. The molecule has 0 radical (unpaired) electrons. The number of Topliss-reactive ketones (excluding diaryl/α,β-unsaturated/α-hetero) is 1. The summed E-state index contributed by atoms with van der Waals surface area (Å²) in [5, 5.41) is 0. The van der Waals surface area contributed by atoms with E-state index in [1.807, 2.05) is 0 Å². The maximum atomic E-state index is 12.3. The fraction of sp³-hybridized carbons (Fsp3) is 0.105. The van der Waals surface area contributed by atoms with Gasteiger partial charge in [0.05, 0.1) is 35.3 Å². The van der Waals surface area contributed by atoms with Gasteiger partial charge < -0.3 is 0 Å². The zero-order valence-corrected chi connectivity index (χ0v) is 13.5. The third-order valence-electron chi connectivity index (χ3n) is 4.43. The van der Waals surface area contributed by atoms with Gasteiger partial charge in [0.25, 0.3) is 23.6 Å². The molecule has 0 spiro atoms. The number of hydrogen-bond acceptors (Lipinski definition) is 5. The molecule has 2 aromatic rings. The van der Waals surface area contributed by atoms with Crippen molar-refractivity contribution in [3.8, 4) is 0 Å². The number of amides is 4. The average molecular weight is 348 g/mol. The van der Waals surface area contributed by atoms with Gasteiger partial charge >= 0.3 is 0 Å². The van der Waals surface area contributed by atoms with Crippen molar-refractivity contribution in [1.82, 2.24) is 9.80 Å². The standard InChI is InChI=1S/C19H12N2O5/c22-11(9-20-16(23)12-5-1-2-6-13(12)17(20)24)10-21-18(25)14-7-3-4-8-15(14)19(21)26/h1-8H,9-10H2. The van der Waals surface area contributed by atoms with Gasteiger partial charge in [-0.25, -0.2) is 0 Å². The molecule has 4 rings (SSSR count). The predicted octanol–water partition coefficient (Wildman–Crippen LogP) is 1.15. The Kier molecular flexibility index (Phi) is 3.50. The van der Waals surface area contributed by atoms with Crippen LogP contribution in [0.4, 0.5) is 0 Å². The van der Waals surface area contributed by atoms with E-state index in [-0.39, 0.29) is 22.3 Å². The Morgan fingerprint density at radius 2 is 0.846 bits per heavy atom. The lowest BCUT2D eigenvalue weighted by Gasteiger charge is -2.16. The van der Waals surface area contributed by atoms with Gasteiger partial charge in [-0.1, -0.05) is 24.3 Å². The first kappa shape index (κ1) is 15.9. The number of carbonyl (C=O) groups is 5. The summed E-state index contributed by atoms with van der Waals surface area (Å²) in [4.78, 5) is 63.2. The summed E-state index contributed by atoms with van der Waals surface area (Å²) < 4.78 is 0. The van der Waals surface area contributed by atoms with Crippen LogP contribution in [0.2, 0.25) is 0 Å². The highest BCUT2D eigenvalue weighted by molar-refractivity contribution is 6.24. The predicted molar refractivity (Wildman–Crippen MR) is 88.6 cm³/mol. The molecule has 0 unspecified atom stereocenters.